The SMILES string of the molecule is CCCCCCCCCCON(C(=O)CCCN(C)C)C(CCCCCCCCC)CCCCCCC(F)C(=O)OCC. The first kappa shape index (κ1) is 41.8. The number of unbranched alkanes of at least 4 members (excludes halogenated alkanes) is 16. The van der Waals surface area contributed by atoms with Crippen molar-refractivity contribution in [3.8, 4) is 0 Å². The molecule has 256 valence electrons. The van der Waals surface area contributed by atoms with Crippen LogP contribution >= 0.6 is 0 Å². The molecule has 2 unspecified atom stereocenters. The molecule has 0 saturated heterocycles. The van der Waals surface area contributed by atoms with E-state index in [2.05, 4.69) is 18.7 Å². The van der Waals surface area contributed by atoms with Gasteiger partial charge in [-0.05, 0) is 66.1 Å². The van der Waals surface area contributed by atoms with Crippen LogP contribution in [0.15, 0.2) is 0 Å². The van der Waals surface area contributed by atoms with Crippen LogP contribution in [0.4, 0.5) is 4.39 Å². The summed E-state index contributed by atoms with van der Waals surface area (Å²) in [6, 6.07) is 0.0880. The molecule has 0 aromatic carbocycles. The molecule has 0 aliphatic heterocycles. The maximum atomic E-state index is 14.0. The molecule has 0 saturated carbocycles. The van der Waals surface area contributed by atoms with Crippen LogP contribution in [0.25, 0.3) is 0 Å². The largest absolute Gasteiger partial charge is 0.464 e. The lowest BCUT2D eigenvalue weighted by Gasteiger charge is -2.31. The van der Waals surface area contributed by atoms with E-state index in [1.807, 2.05) is 14.1 Å². The Bertz CT molecular complexity index is 634. The molecule has 1 amide bonds. The quantitative estimate of drug-likeness (QED) is 0.0429. The van der Waals surface area contributed by atoms with E-state index in [4.69, 9.17) is 9.57 Å². The van der Waals surface area contributed by atoms with Crippen molar-refractivity contribution in [3.05, 3.63) is 0 Å². The summed E-state index contributed by atoms with van der Waals surface area (Å²) in [5, 5.41) is 1.77. The molecule has 0 radical (unpaired) electrons. The van der Waals surface area contributed by atoms with Gasteiger partial charge in [-0.25, -0.2) is 14.2 Å². The Morgan fingerprint density at radius 3 is 1.58 bits per heavy atom. The molecule has 0 fully saturated rings. The van der Waals surface area contributed by atoms with Crippen molar-refractivity contribution < 1.29 is 23.6 Å². The highest BCUT2D eigenvalue weighted by Crippen LogP contribution is 2.22. The van der Waals surface area contributed by atoms with Crippen molar-refractivity contribution in [2.45, 2.75) is 187 Å². The monoisotopic (exact) mass is 615 g/mol. The van der Waals surface area contributed by atoms with Gasteiger partial charge in [0.2, 0.25) is 5.91 Å². The molecule has 0 aromatic heterocycles. The molecule has 0 bridgehead atoms. The van der Waals surface area contributed by atoms with Crippen LogP contribution < -0.4 is 0 Å². The normalized spacial score (nSPS) is 12.9. The molecule has 0 N–H and O–H groups in total. The maximum absolute atomic E-state index is 14.0. The molecule has 2 atom stereocenters. The topological polar surface area (TPSA) is 59.1 Å². The van der Waals surface area contributed by atoms with Gasteiger partial charge in [-0.1, -0.05) is 123 Å². The van der Waals surface area contributed by atoms with Gasteiger partial charge in [0.05, 0.1) is 19.3 Å². The highest BCUT2D eigenvalue weighted by atomic mass is 19.1. The van der Waals surface area contributed by atoms with E-state index in [1.54, 1.807) is 12.0 Å². The second-order valence-electron chi connectivity index (χ2n) is 12.7. The molecule has 0 aliphatic rings. The van der Waals surface area contributed by atoms with E-state index in [9.17, 15) is 14.0 Å². The zero-order valence-electron chi connectivity index (χ0n) is 29.2. The van der Waals surface area contributed by atoms with E-state index < -0.39 is 12.1 Å². The zero-order valence-corrected chi connectivity index (χ0v) is 29.2. The van der Waals surface area contributed by atoms with Crippen molar-refractivity contribution >= 4 is 11.9 Å². The second-order valence-corrected chi connectivity index (χ2v) is 12.7. The van der Waals surface area contributed by atoms with E-state index in [-0.39, 0.29) is 25.0 Å². The van der Waals surface area contributed by atoms with Gasteiger partial charge in [0, 0.05) is 6.42 Å². The molecule has 0 spiro atoms. The van der Waals surface area contributed by atoms with E-state index in [1.165, 1.54) is 77.0 Å². The number of carbonyl (C=O) groups excluding carboxylic acids is 2. The summed E-state index contributed by atoms with van der Waals surface area (Å²) < 4.78 is 18.7. The average Bonchev–Trinajstić information content (AvgIpc) is 2.98. The Kier molecular flexibility index (Phi) is 29.9. The lowest BCUT2D eigenvalue weighted by molar-refractivity contribution is -0.203. The molecular formula is C36H71FN2O4. The lowest BCUT2D eigenvalue weighted by Crippen LogP contribution is -2.41. The minimum atomic E-state index is -1.52. The van der Waals surface area contributed by atoms with Crippen molar-refractivity contribution in [1.29, 1.82) is 0 Å². The highest BCUT2D eigenvalue weighted by Gasteiger charge is 2.24. The fourth-order valence-corrected chi connectivity index (χ4v) is 5.56. The van der Waals surface area contributed by atoms with E-state index in [0.29, 0.717) is 19.4 Å². The second kappa shape index (κ2) is 30.8. The third-order valence-corrected chi connectivity index (χ3v) is 8.23. The van der Waals surface area contributed by atoms with Crippen molar-refractivity contribution in [2.75, 3.05) is 33.9 Å². The number of ether oxygens (including phenoxy) is 1. The standard InChI is InChI=1S/C36H71FN2O4/c1-6-9-11-13-15-17-21-25-32-43-39(35(40)30-26-31-38(4)5)33(27-22-18-16-14-12-10-7-2)28-23-19-20-24-29-34(37)36(41)42-8-3/h33-34H,6-32H2,1-5H3. The number of halogens is 1. The molecule has 0 rings (SSSR count). The third-order valence-electron chi connectivity index (χ3n) is 8.23. The Morgan fingerprint density at radius 1 is 0.628 bits per heavy atom. The van der Waals surface area contributed by atoms with Crippen LogP contribution in [-0.4, -0.2) is 67.9 Å². The summed E-state index contributed by atoms with van der Waals surface area (Å²) in [4.78, 5) is 33.4. The van der Waals surface area contributed by atoms with Crippen LogP contribution in [0, 0.1) is 0 Å². The van der Waals surface area contributed by atoms with Crippen LogP contribution in [0.2, 0.25) is 0 Å². The number of amides is 1. The predicted octanol–water partition coefficient (Wildman–Crippen LogP) is 9.98. The number of alkyl halides is 1. The van der Waals surface area contributed by atoms with Gasteiger partial charge < -0.3 is 9.64 Å². The van der Waals surface area contributed by atoms with Crippen molar-refractivity contribution in [2.24, 2.45) is 0 Å². The van der Waals surface area contributed by atoms with Gasteiger partial charge in [-0.3, -0.25) is 9.63 Å². The predicted molar refractivity (Wildman–Crippen MR) is 179 cm³/mol. The van der Waals surface area contributed by atoms with Crippen molar-refractivity contribution in [3.63, 3.8) is 0 Å². The molecule has 0 heterocycles. The molecule has 0 aromatic rings. The van der Waals surface area contributed by atoms with Gasteiger partial charge in [-0.2, -0.15) is 0 Å². The van der Waals surface area contributed by atoms with E-state index in [0.717, 1.165) is 64.3 Å². The number of carbonyl (C=O) groups is 2. The summed E-state index contributed by atoms with van der Waals surface area (Å²) >= 11 is 0. The van der Waals surface area contributed by atoms with Crippen LogP contribution in [0.5, 0.6) is 0 Å². The first-order chi connectivity index (χ1) is 20.9. The number of nitrogens with zero attached hydrogens (tertiary/aromatic N) is 2. The smallest absolute Gasteiger partial charge is 0.340 e. The number of hydrogen-bond acceptors (Lipinski definition) is 5. The van der Waals surface area contributed by atoms with Gasteiger partial charge >= 0.3 is 5.97 Å². The van der Waals surface area contributed by atoms with Gasteiger partial charge in [0.1, 0.15) is 0 Å². The first-order valence-corrected chi connectivity index (χ1v) is 18.3. The lowest BCUT2D eigenvalue weighted by atomic mass is 9.99. The number of esters is 1. The summed E-state index contributed by atoms with van der Waals surface area (Å²) in [5.74, 6) is -0.626. The first-order valence-electron chi connectivity index (χ1n) is 18.3. The van der Waals surface area contributed by atoms with E-state index >= 15 is 0 Å². The minimum Gasteiger partial charge on any atom is -0.464 e. The summed E-state index contributed by atoms with van der Waals surface area (Å²) in [6.45, 7) is 7.91. The highest BCUT2D eigenvalue weighted by molar-refractivity contribution is 5.75. The molecule has 6 nitrogen and oxygen atoms in total. The number of rotatable bonds is 32. The summed E-state index contributed by atoms with van der Waals surface area (Å²) in [5.41, 5.74) is 0. The Hall–Kier alpha value is -1.21. The van der Waals surface area contributed by atoms with Crippen LogP contribution in [0.1, 0.15) is 175 Å². The van der Waals surface area contributed by atoms with Crippen LogP contribution in [0.3, 0.4) is 0 Å². The number of hydrogen-bond donors (Lipinski definition) is 0. The minimum absolute atomic E-state index is 0.0880. The van der Waals surface area contributed by atoms with Gasteiger partial charge in [0.15, 0.2) is 6.17 Å². The zero-order chi connectivity index (χ0) is 32.0. The Balaban J connectivity index is 4.99. The Morgan fingerprint density at radius 2 is 1.09 bits per heavy atom. The molecular weight excluding hydrogens is 543 g/mol. The summed E-state index contributed by atoms with van der Waals surface area (Å²) in [6.07, 6.45) is 24.1. The molecule has 0 aliphatic carbocycles. The fourth-order valence-electron chi connectivity index (χ4n) is 5.56. The molecule has 43 heavy (non-hydrogen) atoms. The van der Waals surface area contributed by atoms with Crippen molar-refractivity contribution in [1.82, 2.24) is 9.96 Å². The summed E-state index contributed by atoms with van der Waals surface area (Å²) in [7, 11) is 4.09. The van der Waals surface area contributed by atoms with Crippen LogP contribution in [-0.2, 0) is 19.2 Å². The third kappa shape index (κ3) is 25.8. The number of hydroxylamine groups is 2. The maximum Gasteiger partial charge on any atom is 0.340 e. The van der Waals surface area contributed by atoms with Gasteiger partial charge in [-0.15, -0.1) is 0 Å². The van der Waals surface area contributed by atoms with Gasteiger partial charge in [0.25, 0.3) is 0 Å². The fraction of sp³-hybridized carbons (Fsp3) is 0.944. The Labute approximate surface area is 266 Å². The average molecular weight is 615 g/mol. The molecule has 7 heteroatoms.